The molecule has 0 radical (unpaired) electrons. The van der Waals surface area contributed by atoms with Crippen molar-refractivity contribution in [2.45, 2.75) is 19.4 Å². The summed E-state index contributed by atoms with van der Waals surface area (Å²) in [5.74, 6) is 0.920. The summed E-state index contributed by atoms with van der Waals surface area (Å²) in [7, 11) is 5.91. The van der Waals surface area contributed by atoms with Crippen molar-refractivity contribution in [3.05, 3.63) is 53.3 Å². The van der Waals surface area contributed by atoms with Crippen molar-refractivity contribution < 1.29 is 0 Å². The van der Waals surface area contributed by atoms with Gasteiger partial charge in [0.2, 0.25) is 0 Å². The number of guanidine groups is 1. The molecule has 1 N–H and O–H groups in total. The molecule has 0 aliphatic carbocycles. The molecule has 0 atom stereocenters. The van der Waals surface area contributed by atoms with Crippen molar-refractivity contribution in [1.29, 1.82) is 0 Å². The third-order valence-electron chi connectivity index (χ3n) is 5.72. The van der Waals surface area contributed by atoms with Gasteiger partial charge in [0.25, 0.3) is 0 Å². The fraction of sp³-hybridized carbons (Fsp3) is 0.522. The van der Waals surface area contributed by atoms with Crippen LogP contribution in [0.15, 0.2) is 47.6 Å². The van der Waals surface area contributed by atoms with E-state index in [0.717, 1.165) is 56.7 Å². The molecule has 1 aromatic carbocycles. The van der Waals surface area contributed by atoms with Crippen LogP contribution < -0.4 is 10.2 Å². The molecule has 0 amide bonds. The Morgan fingerprint density at radius 3 is 2.50 bits per heavy atom. The van der Waals surface area contributed by atoms with Crippen LogP contribution in [0.2, 0.25) is 5.02 Å². The Morgan fingerprint density at radius 1 is 1.13 bits per heavy atom. The summed E-state index contributed by atoms with van der Waals surface area (Å²) in [6, 6.07) is 12.7. The van der Waals surface area contributed by atoms with E-state index in [1.807, 2.05) is 26.4 Å². The number of aromatic nitrogens is 1. The molecule has 0 bridgehead atoms. The lowest BCUT2D eigenvalue weighted by Gasteiger charge is -2.36. The second-order valence-corrected chi connectivity index (χ2v) is 8.40. The van der Waals surface area contributed by atoms with Crippen LogP contribution in [0, 0.1) is 0 Å². The Balaban J connectivity index is 1.31. The van der Waals surface area contributed by atoms with E-state index in [0.29, 0.717) is 0 Å². The zero-order valence-electron chi connectivity index (χ0n) is 18.5. The first-order valence-corrected chi connectivity index (χ1v) is 11.2. The predicted molar refractivity (Wildman–Crippen MR) is 128 cm³/mol. The van der Waals surface area contributed by atoms with Gasteiger partial charge >= 0.3 is 0 Å². The minimum absolute atomic E-state index is 0.772. The summed E-state index contributed by atoms with van der Waals surface area (Å²) in [5.41, 5.74) is 2.51. The minimum Gasteiger partial charge on any atom is -0.369 e. The molecule has 7 heteroatoms. The standard InChI is InChI=1S/C23H35ClN6/c1-25-23(28(3)19-22-17-20(24)18-27(22)2)26-11-7-8-12-29-13-15-30(16-14-29)21-9-5-4-6-10-21/h4-6,9-10,17-18H,7-8,11-16,19H2,1-3H3,(H,25,26). The van der Waals surface area contributed by atoms with Crippen LogP contribution in [0.1, 0.15) is 18.5 Å². The highest BCUT2D eigenvalue weighted by atomic mass is 35.5. The van der Waals surface area contributed by atoms with Crippen LogP contribution in [-0.4, -0.2) is 73.7 Å². The Bertz CT molecular complexity index is 795. The number of benzene rings is 1. The Morgan fingerprint density at radius 2 is 1.87 bits per heavy atom. The molecule has 30 heavy (non-hydrogen) atoms. The van der Waals surface area contributed by atoms with Gasteiger partial charge in [0, 0.05) is 71.4 Å². The number of unbranched alkanes of at least 4 members (excludes halogenated alkanes) is 1. The molecule has 0 unspecified atom stereocenters. The Hall–Kier alpha value is -2.18. The summed E-state index contributed by atoms with van der Waals surface area (Å²) in [6.45, 7) is 7.40. The van der Waals surface area contributed by atoms with Gasteiger partial charge in [-0.2, -0.15) is 0 Å². The van der Waals surface area contributed by atoms with Crippen LogP contribution in [0.25, 0.3) is 0 Å². The molecule has 164 valence electrons. The number of piperazine rings is 1. The summed E-state index contributed by atoms with van der Waals surface area (Å²) in [6.07, 6.45) is 4.27. The SMILES string of the molecule is CN=C(NCCCCN1CCN(c2ccccc2)CC1)N(C)Cc1cc(Cl)cn1C. The number of nitrogens with one attached hydrogen (secondary N) is 1. The zero-order chi connectivity index (χ0) is 21.3. The fourth-order valence-electron chi connectivity index (χ4n) is 3.96. The predicted octanol–water partition coefficient (Wildman–Crippen LogP) is 3.29. The van der Waals surface area contributed by atoms with E-state index < -0.39 is 0 Å². The summed E-state index contributed by atoms with van der Waals surface area (Å²) in [4.78, 5) is 11.6. The third-order valence-corrected chi connectivity index (χ3v) is 5.93. The number of aryl methyl sites for hydroxylation is 1. The number of halogens is 1. The topological polar surface area (TPSA) is 39.0 Å². The van der Waals surface area contributed by atoms with E-state index in [9.17, 15) is 0 Å². The van der Waals surface area contributed by atoms with Crippen LogP contribution in [0.5, 0.6) is 0 Å². The molecule has 1 fully saturated rings. The van der Waals surface area contributed by atoms with Crippen molar-refractivity contribution >= 4 is 23.2 Å². The molecule has 1 aromatic heterocycles. The first kappa shape index (κ1) is 22.5. The molecule has 0 saturated carbocycles. The van der Waals surface area contributed by atoms with Crippen molar-refractivity contribution in [2.24, 2.45) is 12.0 Å². The van der Waals surface area contributed by atoms with Gasteiger partial charge in [0.15, 0.2) is 5.96 Å². The average Bonchev–Trinajstić information content (AvgIpc) is 3.08. The monoisotopic (exact) mass is 430 g/mol. The number of aliphatic imine (C=N–C) groups is 1. The second kappa shape index (κ2) is 11.3. The van der Waals surface area contributed by atoms with Crippen LogP contribution in [0.4, 0.5) is 5.69 Å². The highest BCUT2D eigenvalue weighted by Gasteiger charge is 2.16. The second-order valence-electron chi connectivity index (χ2n) is 7.96. The number of nitrogens with zero attached hydrogens (tertiary/aromatic N) is 5. The minimum atomic E-state index is 0.772. The van der Waals surface area contributed by atoms with Gasteiger partial charge in [-0.3, -0.25) is 9.89 Å². The molecule has 0 spiro atoms. The highest BCUT2D eigenvalue weighted by Crippen LogP contribution is 2.16. The maximum Gasteiger partial charge on any atom is 0.193 e. The normalized spacial score (nSPS) is 15.5. The van der Waals surface area contributed by atoms with Gasteiger partial charge in [0.05, 0.1) is 11.6 Å². The number of anilines is 1. The molecule has 1 aliphatic rings. The maximum absolute atomic E-state index is 6.09. The van der Waals surface area contributed by atoms with Gasteiger partial charge in [0.1, 0.15) is 0 Å². The van der Waals surface area contributed by atoms with Crippen LogP contribution in [0.3, 0.4) is 0 Å². The lowest BCUT2D eigenvalue weighted by molar-refractivity contribution is 0.253. The van der Waals surface area contributed by atoms with Gasteiger partial charge < -0.3 is 19.7 Å². The summed E-state index contributed by atoms with van der Waals surface area (Å²) in [5, 5.41) is 4.26. The molecular formula is C23H35ClN6. The molecule has 2 aromatic rings. The van der Waals surface area contributed by atoms with E-state index in [-0.39, 0.29) is 0 Å². The van der Waals surface area contributed by atoms with Crippen molar-refractivity contribution in [3.8, 4) is 0 Å². The van der Waals surface area contributed by atoms with Crippen molar-refractivity contribution in [3.63, 3.8) is 0 Å². The van der Waals surface area contributed by atoms with Gasteiger partial charge in [-0.25, -0.2) is 0 Å². The number of rotatable bonds is 8. The van der Waals surface area contributed by atoms with Gasteiger partial charge in [-0.05, 0) is 37.6 Å². The Labute approximate surface area is 186 Å². The zero-order valence-corrected chi connectivity index (χ0v) is 19.3. The van der Waals surface area contributed by atoms with Crippen molar-refractivity contribution in [1.82, 2.24) is 19.7 Å². The summed E-state index contributed by atoms with van der Waals surface area (Å²) < 4.78 is 2.06. The largest absolute Gasteiger partial charge is 0.369 e. The highest BCUT2D eigenvalue weighted by molar-refractivity contribution is 6.30. The van der Waals surface area contributed by atoms with Crippen LogP contribution >= 0.6 is 11.6 Å². The Kier molecular flexibility index (Phi) is 8.46. The number of hydrogen-bond acceptors (Lipinski definition) is 3. The van der Waals surface area contributed by atoms with E-state index in [2.05, 4.69) is 67.0 Å². The summed E-state index contributed by atoms with van der Waals surface area (Å²) >= 11 is 6.09. The van der Waals surface area contributed by atoms with E-state index in [1.54, 1.807) is 0 Å². The first-order chi connectivity index (χ1) is 14.6. The molecule has 3 rings (SSSR count). The molecule has 1 aliphatic heterocycles. The van der Waals surface area contributed by atoms with Crippen LogP contribution in [-0.2, 0) is 13.6 Å². The lowest BCUT2D eigenvalue weighted by Crippen LogP contribution is -2.46. The lowest BCUT2D eigenvalue weighted by atomic mass is 10.2. The first-order valence-electron chi connectivity index (χ1n) is 10.8. The molecule has 1 saturated heterocycles. The smallest absolute Gasteiger partial charge is 0.193 e. The number of para-hydroxylation sites is 1. The molecular weight excluding hydrogens is 396 g/mol. The van der Waals surface area contributed by atoms with Crippen molar-refractivity contribution in [2.75, 3.05) is 58.3 Å². The quantitative estimate of drug-likeness (QED) is 0.396. The van der Waals surface area contributed by atoms with Gasteiger partial charge in [-0.15, -0.1) is 0 Å². The third kappa shape index (κ3) is 6.41. The molecule has 6 nitrogen and oxygen atoms in total. The fourth-order valence-corrected chi connectivity index (χ4v) is 4.23. The molecule has 2 heterocycles. The van der Waals surface area contributed by atoms with Gasteiger partial charge in [-0.1, -0.05) is 29.8 Å². The van der Waals surface area contributed by atoms with E-state index >= 15 is 0 Å². The average molecular weight is 431 g/mol. The number of hydrogen-bond donors (Lipinski definition) is 1. The maximum atomic E-state index is 6.09. The van der Waals surface area contributed by atoms with E-state index in [4.69, 9.17) is 11.6 Å². The van der Waals surface area contributed by atoms with E-state index in [1.165, 1.54) is 24.3 Å².